The second-order valence-corrected chi connectivity index (χ2v) is 7.47. The molecule has 2 aromatic rings. The van der Waals surface area contributed by atoms with Crippen molar-refractivity contribution < 1.29 is 14.5 Å². The third kappa shape index (κ3) is 3.85. The Morgan fingerprint density at radius 1 is 1.50 bits per heavy atom. The molecule has 0 fully saturated rings. The Morgan fingerprint density at radius 3 is 3.00 bits per heavy atom. The molecule has 1 N–H and O–H groups in total. The Bertz CT molecular complexity index is 834. The van der Waals surface area contributed by atoms with Crippen LogP contribution in [0, 0.1) is 16.0 Å². The molecule has 3 rings (SSSR count). The Morgan fingerprint density at radius 2 is 2.31 bits per heavy atom. The first kappa shape index (κ1) is 18.3. The zero-order chi connectivity index (χ0) is 18.7. The minimum Gasteiger partial charge on any atom is -0.490 e. The molecule has 0 radical (unpaired) electrons. The van der Waals surface area contributed by atoms with Gasteiger partial charge in [0.15, 0.2) is 10.9 Å². The van der Waals surface area contributed by atoms with Crippen molar-refractivity contribution in [2.75, 3.05) is 12.4 Å². The van der Waals surface area contributed by atoms with Crippen molar-refractivity contribution in [3.8, 4) is 5.75 Å². The van der Waals surface area contributed by atoms with Crippen LogP contribution in [-0.2, 0) is 12.8 Å². The van der Waals surface area contributed by atoms with Gasteiger partial charge in [0.05, 0.1) is 17.7 Å². The lowest BCUT2D eigenvalue weighted by Crippen LogP contribution is -2.13. The maximum absolute atomic E-state index is 12.5. The average molecular weight is 375 g/mol. The Hall–Kier alpha value is -2.48. The molecule has 0 aliphatic heterocycles. The number of benzene rings is 1. The van der Waals surface area contributed by atoms with Crippen LogP contribution in [0.5, 0.6) is 5.75 Å². The number of aromatic nitrogens is 1. The number of fused-ring (bicyclic) bond motifs is 1. The maximum Gasteiger partial charge on any atom is 0.311 e. The number of nitrogens with zero attached hydrogens (tertiary/aromatic N) is 2. The van der Waals surface area contributed by atoms with Gasteiger partial charge in [-0.1, -0.05) is 19.8 Å². The molecule has 1 amide bonds. The second-order valence-electron chi connectivity index (χ2n) is 6.38. The average Bonchev–Trinajstić information content (AvgIpc) is 3.02. The predicted octanol–water partition coefficient (Wildman–Crippen LogP) is 4.22. The predicted molar refractivity (Wildman–Crippen MR) is 100 cm³/mol. The van der Waals surface area contributed by atoms with Gasteiger partial charge < -0.3 is 4.74 Å². The monoisotopic (exact) mass is 375 g/mol. The van der Waals surface area contributed by atoms with Crippen LogP contribution < -0.4 is 10.1 Å². The molecule has 1 heterocycles. The van der Waals surface area contributed by atoms with Gasteiger partial charge in [-0.2, -0.15) is 0 Å². The fourth-order valence-corrected chi connectivity index (χ4v) is 4.41. The van der Waals surface area contributed by atoms with Gasteiger partial charge >= 0.3 is 5.69 Å². The van der Waals surface area contributed by atoms with E-state index in [9.17, 15) is 14.9 Å². The molecule has 0 saturated heterocycles. The molecule has 1 aromatic heterocycles. The van der Waals surface area contributed by atoms with Crippen molar-refractivity contribution in [3.63, 3.8) is 0 Å². The largest absolute Gasteiger partial charge is 0.490 e. The molecule has 26 heavy (non-hydrogen) atoms. The number of thiazole rings is 1. The molecule has 1 aliphatic carbocycles. The minimum atomic E-state index is -0.564. The summed E-state index contributed by atoms with van der Waals surface area (Å²) in [5.41, 5.74) is 1.04. The number of amides is 1. The van der Waals surface area contributed by atoms with Crippen LogP contribution >= 0.6 is 11.3 Å². The lowest BCUT2D eigenvalue weighted by molar-refractivity contribution is -0.385. The van der Waals surface area contributed by atoms with E-state index in [1.54, 1.807) is 0 Å². The van der Waals surface area contributed by atoms with Gasteiger partial charge in [0.2, 0.25) is 0 Å². The van der Waals surface area contributed by atoms with Crippen LogP contribution in [0.2, 0.25) is 0 Å². The van der Waals surface area contributed by atoms with Gasteiger partial charge in [-0.3, -0.25) is 20.2 Å². The molecule has 0 spiro atoms. The molecule has 7 nitrogen and oxygen atoms in total. The van der Waals surface area contributed by atoms with E-state index >= 15 is 0 Å². The third-order valence-electron chi connectivity index (χ3n) is 4.60. The number of aryl methyl sites for hydroxylation is 1. The highest BCUT2D eigenvalue weighted by atomic mass is 32.1. The van der Waals surface area contributed by atoms with Crippen LogP contribution in [0.1, 0.15) is 47.1 Å². The summed E-state index contributed by atoms with van der Waals surface area (Å²) in [6.45, 7) is 2.20. The summed E-state index contributed by atoms with van der Waals surface area (Å²) in [7, 11) is 1.36. The zero-order valence-corrected chi connectivity index (χ0v) is 15.6. The molecular formula is C18H21N3O4S. The van der Waals surface area contributed by atoms with E-state index in [1.165, 1.54) is 54.4 Å². The van der Waals surface area contributed by atoms with Gasteiger partial charge in [-0.05, 0) is 37.3 Å². The zero-order valence-electron chi connectivity index (χ0n) is 14.8. The number of ether oxygens (including phenoxy) is 1. The van der Waals surface area contributed by atoms with E-state index in [0.29, 0.717) is 11.0 Å². The van der Waals surface area contributed by atoms with Crippen molar-refractivity contribution in [1.82, 2.24) is 4.98 Å². The molecule has 1 aliphatic rings. The van der Waals surface area contributed by atoms with E-state index in [4.69, 9.17) is 4.74 Å². The highest BCUT2D eigenvalue weighted by Crippen LogP contribution is 2.34. The number of hydrogen-bond acceptors (Lipinski definition) is 6. The summed E-state index contributed by atoms with van der Waals surface area (Å²) in [4.78, 5) is 28.8. The van der Waals surface area contributed by atoms with Crippen LogP contribution in [0.15, 0.2) is 18.2 Å². The van der Waals surface area contributed by atoms with E-state index in [-0.39, 0.29) is 17.0 Å². The van der Waals surface area contributed by atoms with E-state index in [2.05, 4.69) is 17.2 Å². The summed E-state index contributed by atoms with van der Waals surface area (Å²) >= 11 is 1.50. The fraction of sp³-hybridized carbons (Fsp3) is 0.444. The van der Waals surface area contributed by atoms with Gasteiger partial charge in [0.1, 0.15) is 0 Å². The Labute approximate surface area is 155 Å². The Balaban J connectivity index is 1.75. The molecule has 1 aromatic carbocycles. The first-order valence-electron chi connectivity index (χ1n) is 8.64. The Kier molecular flexibility index (Phi) is 5.51. The summed E-state index contributed by atoms with van der Waals surface area (Å²) in [6, 6.07) is 4.15. The number of carbonyl (C=O) groups excluding carboxylic acids is 1. The van der Waals surface area contributed by atoms with Gasteiger partial charge in [-0.25, -0.2) is 4.98 Å². The van der Waals surface area contributed by atoms with Gasteiger partial charge in [-0.15, -0.1) is 11.3 Å². The first-order chi connectivity index (χ1) is 12.5. The molecular weight excluding hydrogens is 354 g/mol. The summed E-state index contributed by atoms with van der Waals surface area (Å²) in [5, 5.41) is 14.4. The van der Waals surface area contributed by atoms with Crippen LogP contribution in [0.25, 0.3) is 0 Å². The molecule has 138 valence electrons. The fourth-order valence-electron chi connectivity index (χ4n) is 3.29. The lowest BCUT2D eigenvalue weighted by Gasteiger charge is -2.19. The van der Waals surface area contributed by atoms with Crippen molar-refractivity contribution in [3.05, 3.63) is 44.4 Å². The molecule has 0 bridgehead atoms. The van der Waals surface area contributed by atoms with E-state index < -0.39 is 10.8 Å². The number of nitro groups is 1. The third-order valence-corrected chi connectivity index (χ3v) is 5.63. The number of nitrogens with one attached hydrogen (secondary N) is 1. The number of rotatable bonds is 6. The minimum absolute atomic E-state index is 0.123. The smallest absolute Gasteiger partial charge is 0.311 e. The summed E-state index contributed by atoms with van der Waals surface area (Å²) < 4.78 is 4.96. The van der Waals surface area contributed by atoms with Crippen molar-refractivity contribution in [1.29, 1.82) is 0 Å². The SMILES string of the molecule is CCCC1CCc2nc(NC(=O)c3ccc(OC)c([N+](=O)[O-])c3)sc2C1. The van der Waals surface area contributed by atoms with Crippen LogP contribution in [-0.4, -0.2) is 22.9 Å². The number of carbonyl (C=O) groups is 1. The molecule has 1 unspecified atom stereocenters. The van der Waals surface area contributed by atoms with Crippen molar-refractivity contribution >= 4 is 28.1 Å². The highest BCUT2D eigenvalue weighted by molar-refractivity contribution is 7.15. The van der Waals surface area contributed by atoms with Gasteiger partial charge in [0.25, 0.3) is 5.91 Å². The second kappa shape index (κ2) is 7.82. The van der Waals surface area contributed by atoms with Crippen LogP contribution in [0.3, 0.4) is 0 Å². The maximum atomic E-state index is 12.5. The summed E-state index contributed by atoms with van der Waals surface area (Å²) in [6.07, 6.45) is 5.50. The van der Waals surface area contributed by atoms with Crippen molar-refractivity contribution in [2.24, 2.45) is 5.92 Å². The molecule has 8 heteroatoms. The highest BCUT2D eigenvalue weighted by Gasteiger charge is 2.23. The quantitative estimate of drug-likeness (QED) is 0.603. The van der Waals surface area contributed by atoms with Crippen LogP contribution in [0.4, 0.5) is 10.8 Å². The number of methoxy groups -OCH3 is 1. The summed E-state index contributed by atoms with van der Waals surface area (Å²) in [5.74, 6) is 0.408. The van der Waals surface area contributed by atoms with E-state index in [0.717, 1.165) is 25.0 Å². The van der Waals surface area contributed by atoms with E-state index in [1.807, 2.05) is 0 Å². The molecule has 0 saturated carbocycles. The number of nitro benzene ring substituents is 1. The number of anilines is 1. The first-order valence-corrected chi connectivity index (χ1v) is 9.45. The standard InChI is InChI=1S/C18H21N3O4S/c1-3-4-11-5-7-13-16(9-11)26-18(19-13)20-17(22)12-6-8-15(25-2)14(10-12)21(23)24/h6,8,10-11H,3-5,7,9H2,1-2H3,(H,19,20,22). The normalized spacial score (nSPS) is 16.0. The lowest BCUT2D eigenvalue weighted by atomic mass is 9.88. The number of hydrogen-bond donors (Lipinski definition) is 1. The van der Waals surface area contributed by atoms with Gasteiger partial charge in [0, 0.05) is 16.5 Å². The van der Waals surface area contributed by atoms with Crippen molar-refractivity contribution in [2.45, 2.75) is 39.0 Å². The topological polar surface area (TPSA) is 94.4 Å². The molecule has 1 atom stereocenters.